The van der Waals surface area contributed by atoms with E-state index in [1.807, 2.05) is 0 Å². The second-order valence-electron chi connectivity index (χ2n) is 3.43. The number of anilines is 1. The van der Waals surface area contributed by atoms with Crippen LogP contribution in [0.4, 0.5) is 5.69 Å². The molecule has 0 aliphatic rings. The second kappa shape index (κ2) is 4.61. The van der Waals surface area contributed by atoms with Gasteiger partial charge in [0.05, 0.1) is 21.4 Å². The molecule has 0 radical (unpaired) electrons. The third-order valence-electron chi connectivity index (χ3n) is 2.36. The molecule has 0 aliphatic carbocycles. The van der Waals surface area contributed by atoms with Gasteiger partial charge in [-0.25, -0.2) is 0 Å². The van der Waals surface area contributed by atoms with E-state index >= 15 is 0 Å². The number of hydrogen-bond acceptors (Lipinski definition) is 3. The van der Waals surface area contributed by atoms with Gasteiger partial charge in [0.2, 0.25) is 0 Å². The largest absolute Gasteiger partial charge is 0.394 e. The number of thiol groups is 1. The van der Waals surface area contributed by atoms with Crippen molar-refractivity contribution in [1.29, 1.82) is 0 Å². The van der Waals surface area contributed by atoms with Gasteiger partial charge in [-0.15, -0.1) is 12.6 Å². The molecule has 0 bridgehead atoms. The van der Waals surface area contributed by atoms with Crippen LogP contribution in [0.15, 0.2) is 17.0 Å². The summed E-state index contributed by atoms with van der Waals surface area (Å²) < 4.78 is 1.57. The SMILES string of the molecule is Cn1nc(Cl)c(N)c1-c1ccc(Cl)c(S)c1Cl. The third-order valence-corrected chi connectivity index (χ3v) is 4.08. The molecule has 2 N–H and O–H groups in total. The van der Waals surface area contributed by atoms with Crippen LogP contribution in [0.5, 0.6) is 0 Å². The summed E-state index contributed by atoms with van der Waals surface area (Å²) in [5.41, 5.74) is 7.58. The Hall–Kier alpha value is -0.550. The maximum atomic E-state index is 6.19. The molecule has 0 fully saturated rings. The number of aryl methyl sites for hydroxylation is 1. The number of nitrogen functional groups attached to an aromatic ring is 1. The molecule has 3 nitrogen and oxygen atoms in total. The lowest BCUT2D eigenvalue weighted by atomic mass is 10.1. The molecule has 17 heavy (non-hydrogen) atoms. The minimum absolute atomic E-state index is 0.245. The van der Waals surface area contributed by atoms with Crippen molar-refractivity contribution in [3.63, 3.8) is 0 Å². The highest BCUT2D eigenvalue weighted by molar-refractivity contribution is 7.80. The van der Waals surface area contributed by atoms with Crippen LogP contribution in [0.3, 0.4) is 0 Å². The molecular weight excluding hydrogens is 301 g/mol. The number of hydrogen-bond donors (Lipinski definition) is 2. The highest BCUT2D eigenvalue weighted by Gasteiger charge is 2.18. The average Bonchev–Trinajstić information content (AvgIpc) is 2.52. The fraction of sp³-hybridized carbons (Fsp3) is 0.100. The molecule has 1 aromatic carbocycles. The van der Waals surface area contributed by atoms with E-state index in [0.717, 1.165) is 0 Å². The summed E-state index contributed by atoms with van der Waals surface area (Å²) in [6.07, 6.45) is 0. The molecule has 0 amide bonds. The van der Waals surface area contributed by atoms with Crippen molar-refractivity contribution in [3.05, 3.63) is 27.3 Å². The number of halogens is 3. The normalized spacial score (nSPS) is 10.9. The molecule has 2 rings (SSSR count). The van der Waals surface area contributed by atoms with Crippen molar-refractivity contribution in [1.82, 2.24) is 9.78 Å². The van der Waals surface area contributed by atoms with Crippen LogP contribution < -0.4 is 5.73 Å². The first-order valence-electron chi connectivity index (χ1n) is 4.58. The minimum atomic E-state index is 0.245. The van der Waals surface area contributed by atoms with Gasteiger partial charge in [-0.05, 0) is 12.1 Å². The molecule has 1 heterocycles. The Morgan fingerprint density at radius 3 is 2.47 bits per heavy atom. The topological polar surface area (TPSA) is 43.8 Å². The van der Waals surface area contributed by atoms with Crippen LogP contribution in [0.2, 0.25) is 15.2 Å². The Labute approximate surface area is 119 Å². The van der Waals surface area contributed by atoms with Crippen LogP contribution in [0, 0.1) is 0 Å². The van der Waals surface area contributed by atoms with Gasteiger partial charge >= 0.3 is 0 Å². The molecule has 7 heteroatoms. The first-order chi connectivity index (χ1) is 7.93. The number of benzene rings is 1. The lowest BCUT2D eigenvalue weighted by Gasteiger charge is -2.09. The van der Waals surface area contributed by atoms with Gasteiger partial charge in [-0.1, -0.05) is 34.8 Å². The average molecular weight is 309 g/mol. The van der Waals surface area contributed by atoms with Gasteiger partial charge in [-0.2, -0.15) is 5.10 Å². The highest BCUT2D eigenvalue weighted by Crippen LogP contribution is 2.40. The highest BCUT2D eigenvalue weighted by atomic mass is 35.5. The zero-order valence-corrected chi connectivity index (χ0v) is 11.9. The summed E-state index contributed by atoms with van der Waals surface area (Å²) in [5.74, 6) is 0. The van der Waals surface area contributed by atoms with E-state index in [1.165, 1.54) is 0 Å². The van der Waals surface area contributed by atoms with Gasteiger partial charge in [-0.3, -0.25) is 4.68 Å². The van der Waals surface area contributed by atoms with Gasteiger partial charge in [0.15, 0.2) is 5.15 Å². The molecular formula is C10H8Cl3N3S. The van der Waals surface area contributed by atoms with Crippen molar-refractivity contribution in [2.24, 2.45) is 7.05 Å². The zero-order chi connectivity index (χ0) is 12.7. The Morgan fingerprint density at radius 2 is 1.94 bits per heavy atom. The zero-order valence-electron chi connectivity index (χ0n) is 8.71. The van der Waals surface area contributed by atoms with Crippen LogP contribution in [0.1, 0.15) is 0 Å². The standard InChI is InChI=1S/C10H8Cl3N3S/c1-16-8(7(14)10(13)15-16)4-2-3-5(11)9(17)6(4)12/h2-3,17H,14H2,1H3. The van der Waals surface area contributed by atoms with Crippen molar-refractivity contribution >= 4 is 53.1 Å². The Balaban J connectivity index is 2.73. The summed E-state index contributed by atoms with van der Waals surface area (Å²) >= 11 is 22.2. The van der Waals surface area contributed by atoms with E-state index < -0.39 is 0 Å². The van der Waals surface area contributed by atoms with E-state index in [1.54, 1.807) is 23.9 Å². The Bertz CT molecular complexity index is 595. The quantitative estimate of drug-likeness (QED) is 0.784. The summed E-state index contributed by atoms with van der Waals surface area (Å²) in [5, 5.41) is 5.17. The smallest absolute Gasteiger partial charge is 0.174 e. The molecule has 0 saturated heterocycles. The van der Waals surface area contributed by atoms with Crippen molar-refractivity contribution in [2.45, 2.75) is 4.90 Å². The molecule has 0 unspecified atom stereocenters. The van der Waals surface area contributed by atoms with Gasteiger partial charge in [0.1, 0.15) is 0 Å². The number of rotatable bonds is 1. The first-order valence-corrected chi connectivity index (χ1v) is 6.17. The Kier molecular flexibility index (Phi) is 3.50. The predicted octanol–water partition coefficient (Wildman–Crippen LogP) is 3.92. The molecule has 0 saturated carbocycles. The first kappa shape index (κ1) is 12.9. The van der Waals surface area contributed by atoms with Crippen LogP contribution in [0.25, 0.3) is 11.3 Å². The molecule has 0 atom stereocenters. The lowest BCUT2D eigenvalue weighted by Crippen LogP contribution is -1.96. The number of aromatic nitrogens is 2. The second-order valence-corrected chi connectivity index (χ2v) is 5.02. The molecule has 1 aromatic heterocycles. The Morgan fingerprint density at radius 1 is 1.29 bits per heavy atom. The van der Waals surface area contributed by atoms with Crippen molar-refractivity contribution < 1.29 is 0 Å². The van der Waals surface area contributed by atoms with Crippen molar-refractivity contribution in [3.8, 4) is 11.3 Å². The van der Waals surface area contributed by atoms with E-state index in [2.05, 4.69) is 17.7 Å². The fourth-order valence-corrected chi connectivity index (χ4v) is 2.41. The van der Waals surface area contributed by atoms with E-state index in [9.17, 15) is 0 Å². The van der Waals surface area contributed by atoms with E-state index in [0.29, 0.717) is 31.9 Å². The van der Waals surface area contributed by atoms with Gasteiger partial charge < -0.3 is 5.73 Å². The minimum Gasteiger partial charge on any atom is -0.394 e. The summed E-state index contributed by atoms with van der Waals surface area (Å²) in [7, 11) is 1.74. The fourth-order valence-electron chi connectivity index (χ4n) is 1.55. The molecule has 2 aromatic rings. The van der Waals surface area contributed by atoms with Crippen LogP contribution >= 0.6 is 47.4 Å². The van der Waals surface area contributed by atoms with E-state index in [4.69, 9.17) is 40.5 Å². The number of nitrogens with zero attached hydrogens (tertiary/aromatic N) is 2. The molecule has 0 spiro atoms. The summed E-state index contributed by atoms with van der Waals surface area (Å²) in [4.78, 5) is 0.502. The molecule has 0 aliphatic heterocycles. The maximum absolute atomic E-state index is 6.19. The van der Waals surface area contributed by atoms with E-state index in [-0.39, 0.29) is 5.15 Å². The van der Waals surface area contributed by atoms with Crippen LogP contribution in [-0.4, -0.2) is 9.78 Å². The predicted molar refractivity (Wildman–Crippen MR) is 75.3 cm³/mol. The van der Waals surface area contributed by atoms with Crippen molar-refractivity contribution in [2.75, 3.05) is 5.73 Å². The summed E-state index contributed by atoms with van der Waals surface area (Å²) in [6, 6.07) is 3.46. The third kappa shape index (κ3) is 2.10. The summed E-state index contributed by atoms with van der Waals surface area (Å²) in [6.45, 7) is 0. The van der Waals surface area contributed by atoms with Gasteiger partial charge in [0, 0.05) is 17.5 Å². The van der Waals surface area contributed by atoms with Crippen LogP contribution in [-0.2, 0) is 7.05 Å². The maximum Gasteiger partial charge on any atom is 0.174 e. The lowest BCUT2D eigenvalue weighted by molar-refractivity contribution is 0.776. The monoisotopic (exact) mass is 307 g/mol. The number of nitrogens with two attached hydrogens (primary N) is 1. The molecule has 90 valence electrons. The van der Waals surface area contributed by atoms with Gasteiger partial charge in [0.25, 0.3) is 0 Å².